The Morgan fingerprint density at radius 1 is 1.14 bits per heavy atom. The summed E-state index contributed by atoms with van der Waals surface area (Å²) in [5, 5.41) is 0. The van der Waals surface area contributed by atoms with Crippen molar-refractivity contribution in [1.29, 1.82) is 0 Å². The van der Waals surface area contributed by atoms with E-state index < -0.39 is 0 Å². The highest BCUT2D eigenvalue weighted by Crippen LogP contribution is 2.37. The zero-order valence-electron chi connectivity index (χ0n) is 13.4. The van der Waals surface area contributed by atoms with E-state index in [1.165, 1.54) is 63.7 Å². The van der Waals surface area contributed by atoms with Crippen LogP contribution in [0.1, 0.15) is 62.5 Å². The summed E-state index contributed by atoms with van der Waals surface area (Å²) in [7, 11) is 0. The number of benzene rings is 1. The quantitative estimate of drug-likeness (QED) is 0.797. The third-order valence-electron chi connectivity index (χ3n) is 4.98. The molecule has 1 aromatic carbocycles. The number of rotatable bonds is 5. The molecule has 0 N–H and O–H groups in total. The fourth-order valence-electron chi connectivity index (χ4n) is 3.90. The fourth-order valence-corrected chi connectivity index (χ4v) is 3.90. The molecule has 0 radical (unpaired) electrons. The second kappa shape index (κ2) is 7.31. The molecule has 1 aliphatic carbocycles. The molecule has 3 rings (SSSR count). The summed E-state index contributed by atoms with van der Waals surface area (Å²) in [5.74, 6) is 1.87. The normalized spacial score (nSPS) is 22.8. The molecule has 116 valence electrons. The molecule has 1 saturated heterocycles. The topological polar surface area (TPSA) is 12.5 Å². The number of nitrogens with zero attached hydrogens (tertiary/aromatic N) is 1. The van der Waals surface area contributed by atoms with E-state index in [0.717, 1.165) is 24.7 Å². The van der Waals surface area contributed by atoms with Crippen LogP contribution in [0.4, 0.5) is 0 Å². The number of ether oxygens (including phenoxy) is 1. The van der Waals surface area contributed by atoms with Gasteiger partial charge in [0.25, 0.3) is 0 Å². The summed E-state index contributed by atoms with van der Waals surface area (Å²) in [4.78, 5) is 2.68. The molecule has 21 heavy (non-hydrogen) atoms. The van der Waals surface area contributed by atoms with E-state index in [2.05, 4.69) is 30.0 Å². The Hall–Kier alpha value is -1.02. The molecule has 1 atom stereocenters. The Labute approximate surface area is 129 Å². The van der Waals surface area contributed by atoms with Gasteiger partial charge in [-0.2, -0.15) is 0 Å². The van der Waals surface area contributed by atoms with Gasteiger partial charge in [-0.3, -0.25) is 0 Å². The first-order chi connectivity index (χ1) is 10.4. The molecule has 1 unspecified atom stereocenters. The van der Waals surface area contributed by atoms with Gasteiger partial charge in [0.2, 0.25) is 0 Å². The van der Waals surface area contributed by atoms with Crippen LogP contribution in [0, 0.1) is 0 Å². The number of hydrogen-bond donors (Lipinski definition) is 0. The van der Waals surface area contributed by atoms with Crippen molar-refractivity contribution in [3.8, 4) is 5.75 Å². The Morgan fingerprint density at radius 3 is 2.81 bits per heavy atom. The van der Waals surface area contributed by atoms with Gasteiger partial charge < -0.3 is 9.64 Å². The number of piperidine rings is 1. The molecule has 1 aliphatic heterocycles. The maximum atomic E-state index is 5.98. The van der Waals surface area contributed by atoms with Crippen molar-refractivity contribution in [3.05, 3.63) is 29.3 Å². The summed E-state index contributed by atoms with van der Waals surface area (Å²) >= 11 is 0. The monoisotopic (exact) mass is 287 g/mol. The number of hydrogen-bond acceptors (Lipinski definition) is 2. The smallest absolute Gasteiger partial charge is 0.122 e. The van der Waals surface area contributed by atoms with Crippen molar-refractivity contribution >= 4 is 0 Å². The highest BCUT2D eigenvalue weighted by molar-refractivity contribution is 5.43. The molecule has 0 saturated carbocycles. The van der Waals surface area contributed by atoms with E-state index in [1.807, 2.05) is 0 Å². The van der Waals surface area contributed by atoms with Crippen LogP contribution >= 0.6 is 0 Å². The Balaban J connectivity index is 1.74. The minimum Gasteiger partial charge on any atom is -0.493 e. The first-order valence-corrected chi connectivity index (χ1v) is 8.85. The SMILES string of the molecule is CCCOc1cccc2c1CCCC2CN1CCCCC1. The lowest BCUT2D eigenvalue weighted by Crippen LogP contribution is -2.34. The Morgan fingerprint density at radius 2 is 2.00 bits per heavy atom. The Kier molecular flexibility index (Phi) is 5.18. The minimum atomic E-state index is 0.719. The molecule has 0 bridgehead atoms. The summed E-state index contributed by atoms with van der Waals surface area (Å²) in [6.07, 6.45) is 9.15. The third kappa shape index (κ3) is 3.60. The van der Waals surface area contributed by atoms with Crippen LogP contribution in [0.15, 0.2) is 18.2 Å². The summed E-state index contributed by atoms with van der Waals surface area (Å²) in [6, 6.07) is 6.71. The molecular weight excluding hydrogens is 258 g/mol. The van der Waals surface area contributed by atoms with Gasteiger partial charge in [0.1, 0.15) is 5.75 Å². The first kappa shape index (κ1) is 14.9. The summed E-state index contributed by atoms with van der Waals surface area (Å²) in [5.41, 5.74) is 3.07. The molecular formula is C19H29NO. The van der Waals surface area contributed by atoms with Gasteiger partial charge in [0.05, 0.1) is 6.61 Å². The largest absolute Gasteiger partial charge is 0.493 e. The lowest BCUT2D eigenvalue weighted by Gasteiger charge is -2.34. The summed E-state index contributed by atoms with van der Waals surface area (Å²) in [6.45, 7) is 6.88. The van der Waals surface area contributed by atoms with E-state index in [-0.39, 0.29) is 0 Å². The van der Waals surface area contributed by atoms with Crippen molar-refractivity contribution in [2.24, 2.45) is 0 Å². The van der Waals surface area contributed by atoms with Crippen molar-refractivity contribution < 1.29 is 4.74 Å². The van der Waals surface area contributed by atoms with Gasteiger partial charge >= 0.3 is 0 Å². The van der Waals surface area contributed by atoms with Gasteiger partial charge in [-0.15, -0.1) is 0 Å². The van der Waals surface area contributed by atoms with Gasteiger partial charge in [-0.05, 0) is 74.7 Å². The van der Waals surface area contributed by atoms with E-state index in [0.29, 0.717) is 0 Å². The molecule has 2 heteroatoms. The lowest BCUT2D eigenvalue weighted by atomic mass is 9.82. The van der Waals surface area contributed by atoms with Crippen LogP contribution in [0.3, 0.4) is 0 Å². The number of fused-ring (bicyclic) bond motifs is 1. The zero-order chi connectivity index (χ0) is 14.5. The lowest BCUT2D eigenvalue weighted by molar-refractivity contribution is 0.209. The molecule has 1 fully saturated rings. The molecule has 0 spiro atoms. The molecule has 1 heterocycles. The van der Waals surface area contributed by atoms with Crippen LogP contribution in [-0.2, 0) is 6.42 Å². The van der Waals surface area contributed by atoms with Crippen LogP contribution in [-0.4, -0.2) is 31.1 Å². The average molecular weight is 287 g/mol. The van der Waals surface area contributed by atoms with Crippen LogP contribution in [0.2, 0.25) is 0 Å². The highest BCUT2D eigenvalue weighted by Gasteiger charge is 2.25. The van der Waals surface area contributed by atoms with Gasteiger partial charge in [-0.1, -0.05) is 25.5 Å². The van der Waals surface area contributed by atoms with Gasteiger partial charge in [0, 0.05) is 6.54 Å². The number of likely N-dealkylation sites (tertiary alicyclic amines) is 1. The van der Waals surface area contributed by atoms with E-state index in [1.54, 1.807) is 5.56 Å². The van der Waals surface area contributed by atoms with Crippen molar-refractivity contribution in [2.45, 2.75) is 57.8 Å². The first-order valence-electron chi connectivity index (χ1n) is 8.85. The van der Waals surface area contributed by atoms with E-state index in [9.17, 15) is 0 Å². The van der Waals surface area contributed by atoms with Crippen LogP contribution in [0.25, 0.3) is 0 Å². The molecule has 2 nitrogen and oxygen atoms in total. The molecule has 1 aromatic rings. The van der Waals surface area contributed by atoms with E-state index >= 15 is 0 Å². The predicted octanol–water partition coefficient (Wildman–Crippen LogP) is 4.38. The third-order valence-corrected chi connectivity index (χ3v) is 4.98. The Bertz CT molecular complexity index is 451. The van der Waals surface area contributed by atoms with Crippen LogP contribution < -0.4 is 4.74 Å². The maximum Gasteiger partial charge on any atom is 0.122 e. The fraction of sp³-hybridized carbons (Fsp3) is 0.684. The van der Waals surface area contributed by atoms with Crippen LogP contribution in [0.5, 0.6) is 5.75 Å². The van der Waals surface area contributed by atoms with Gasteiger partial charge in [0.15, 0.2) is 0 Å². The second-order valence-electron chi connectivity index (χ2n) is 6.62. The predicted molar refractivity (Wildman–Crippen MR) is 88.2 cm³/mol. The van der Waals surface area contributed by atoms with Gasteiger partial charge in [-0.25, -0.2) is 0 Å². The standard InChI is InChI=1S/C19H29NO/c1-2-14-21-19-11-7-9-17-16(8-6-10-18(17)19)15-20-12-4-3-5-13-20/h7,9,11,16H,2-6,8,10,12-15H2,1H3. The van der Waals surface area contributed by atoms with E-state index in [4.69, 9.17) is 4.74 Å². The maximum absolute atomic E-state index is 5.98. The van der Waals surface area contributed by atoms with Crippen molar-refractivity contribution in [1.82, 2.24) is 4.90 Å². The molecule has 2 aliphatic rings. The molecule has 0 aromatic heterocycles. The second-order valence-corrected chi connectivity index (χ2v) is 6.62. The minimum absolute atomic E-state index is 0.719. The summed E-state index contributed by atoms with van der Waals surface area (Å²) < 4.78 is 5.98. The van der Waals surface area contributed by atoms with Crippen molar-refractivity contribution in [3.63, 3.8) is 0 Å². The zero-order valence-corrected chi connectivity index (χ0v) is 13.4. The van der Waals surface area contributed by atoms with Crippen molar-refractivity contribution in [2.75, 3.05) is 26.2 Å². The average Bonchev–Trinajstić information content (AvgIpc) is 2.54. The molecule has 0 amide bonds. The highest BCUT2D eigenvalue weighted by atomic mass is 16.5.